The molecule has 2 aromatic heterocycles. The molecule has 7 heteroatoms. The Balaban J connectivity index is 2.07. The molecule has 21 heavy (non-hydrogen) atoms. The fourth-order valence-corrected chi connectivity index (χ4v) is 1.90. The van der Waals surface area contributed by atoms with Gasteiger partial charge in [0, 0.05) is 11.8 Å². The summed E-state index contributed by atoms with van der Waals surface area (Å²) >= 11 is 0. The first kappa shape index (κ1) is 12.8. The van der Waals surface area contributed by atoms with Gasteiger partial charge < -0.3 is 15.5 Å². The van der Waals surface area contributed by atoms with Gasteiger partial charge in [0.05, 0.1) is 11.1 Å². The summed E-state index contributed by atoms with van der Waals surface area (Å²) in [6, 6.07) is 8.05. The van der Waals surface area contributed by atoms with Gasteiger partial charge in [-0.25, -0.2) is 4.98 Å². The van der Waals surface area contributed by atoms with Crippen molar-refractivity contribution in [2.24, 2.45) is 0 Å². The second-order valence-electron chi connectivity index (χ2n) is 4.32. The molecule has 0 fully saturated rings. The van der Waals surface area contributed by atoms with Crippen molar-refractivity contribution < 1.29 is 10.1 Å². The van der Waals surface area contributed by atoms with E-state index in [0.717, 1.165) is 0 Å². The summed E-state index contributed by atoms with van der Waals surface area (Å²) in [7, 11) is 0. The fourth-order valence-electron chi connectivity index (χ4n) is 1.90. The van der Waals surface area contributed by atoms with Crippen molar-refractivity contribution in [1.29, 1.82) is 0 Å². The third kappa shape index (κ3) is 2.44. The minimum absolute atomic E-state index is 0.254. The Kier molecular flexibility index (Phi) is 3.07. The topological polar surface area (TPSA) is 119 Å². The molecule has 0 spiro atoms. The zero-order valence-corrected chi connectivity index (χ0v) is 10.9. The second kappa shape index (κ2) is 5.04. The van der Waals surface area contributed by atoms with E-state index in [-0.39, 0.29) is 11.4 Å². The normalized spacial score (nSPS) is 10.5. The Hall–Kier alpha value is -3.22. The van der Waals surface area contributed by atoms with Crippen LogP contribution in [0.1, 0.15) is 5.56 Å². The third-order valence-corrected chi connectivity index (χ3v) is 2.93. The molecule has 0 bridgehead atoms. The molecule has 0 unspecified atom stereocenters. The molecule has 5 N–H and O–H groups in total. The van der Waals surface area contributed by atoms with Crippen molar-refractivity contribution in [3.05, 3.63) is 52.6 Å². The first-order valence-corrected chi connectivity index (χ1v) is 6.14. The number of nitrogens with zero attached hydrogens (tertiary/aromatic N) is 2. The van der Waals surface area contributed by atoms with Crippen LogP contribution in [0, 0.1) is 0 Å². The lowest BCUT2D eigenvalue weighted by molar-refractivity contribution is -0.104. The van der Waals surface area contributed by atoms with Crippen LogP contribution in [0.4, 0.5) is 5.69 Å². The average Bonchev–Trinajstić information content (AvgIpc) is 2.50. The molecule has 0 atom stereocenters. The highest BCUT2D eigenvalue weighted by molar-refractivity contribution is 5.84. The predicted molar refractivity (Wildman–Crippen MR) is 78.2 cm³/mol. The van der Waals surface area contributed by atoms with Gasteiger partial charge in [0.1, 0.15) is 17.6 Å². The van der Waals surface area contributed by atoms with Gasteiger partial charge in [-0.15, -0.1) is 0 Å². The van der Waals surface area contributed by atoms with E-state index in [1.165, 1.54) is 18.6 Å². The lowest BCUT2D eigenvalue weighted by atomic mass is 10.2. The number of aromatic amines is 1. The number of hydrogen-bond donors (Lipinski definition) is 3. The first-order valence-electron chi connectivity index (χ1n) is 6.14. The van der Waals surface area contributed by atoms with Crippen LogP contribution in [-0.2, 0) is 0 Å². The smallest absolute Gasteiger partial charge is 0.248 e. The number of ether oxygens (including phenoxy) is 1. The monoisotopic (exact) mass is 282 g/mol. The van der Waals surface area contributed by atoms with Crippen molar-refractivity contribution in [3.8, 4) is 11.6 Å². The highest BCUT2D eigenvalue weighted by atomic mass is 16.5. The van der Waals surface area contributed by atoms with E-state index in [9.17, 15) is 4.79 Å². The van der Waals surface area contributed by atoms with Crippen LogP contribution < -0.4 is 21.4 Å². The number of benzene rings is 1. The quantitative estimate of drug-likeness (QED) is 0.456. The maximum absolute atomic E-state index is 11.4. The third-order valence-electron chi connectivity index (χ3n) is 2.93. The molecule has 0 saturated heterocycles. The van der Waals surface area contributed by atoms with Gasteiger partial charge in [0.15, 0.2) is 6.21 Å². The summed E-state index contributed by atoms with van der Waals surface area (Å²) < 4.78 is 5.69. The van der Waals surface area contributed by atoms with Gasteiger partial charge in [0.2, 0.25) is 11.4 Å². The van der Waals surface area contributed by atoms with E-state index < -0.39 is 0 Å². The summed E-state index contributed by atoms with van der Waals surface area (Å²) in [6.07, 6.45) is 2.76. The maximum Gasteiger partial charge on any atom is 0.248 e. The summed E-state index contributed by atoms with van der Waals surface area (Å²) in [6.45, 7) is 0. The number of fused-ring (bicyclic) bond motifs is 1. The van der Waals surface area contributed by atoms with Crippen molar-refractivity contribution in [3.63, 3.8) is 0 Å². The van der Waals surface area contributed by atoms with Crippen LogP contribution in [0.2, 0.25) is 0 Å². The molecular weight excluding hydrogens is 270 g/mol. The Labute approximate surface area is 118 Å². The van der Waals surface area contributed by atoms with Gasteiger partial charge in [-0.05, 0) is 24.3 Å². The number of nitrogen functional groups attached to an aromatic ring is 1. The molecule has 0 saturated carbocycles. The van der Waals surface area contributed by atoms with Gasteiger partial charge in [-0.3, -0.25) is 10.2 Å². The molecule has 0 aliphatic carbocycles. The first-order chi connectivity index (χ1) is 10.2. The number of aromatic nitrogens is 3. The zero-order valence-electron chi connectivity index (χ0n) is 10.9. The Bertz CT molecular complexity index is 888. The van der Waals surface area contributed by atoms with E-state index >= 15 is 0 Å². The lowest BCUT2D eigenvalue weighted by Gasteiger charge is -2.08. The van der Waals surface area contributed by atoms with Crippen LogP contribution in [-0.4, -0.2) is 21.2 Å². The van der Waals surface area contributed by atoms with Gasteiger partial charge in [-0.2, -0.15) is 4.98 Å². The molecule has 3 aromatic rings. The molecular formula is C14H12N5O2+. The Morgan fingerprint density at radius 3 is 2.90 bits per heavy atom. The number of pyridine rings is 1. The number of rotatable bonds is 3. The number of nitrogens with one attached hydrogen (secondary N) is 1. The van der Waals surface area contributed by atoms with Gasteiger partial charge in [-0.1, -0.05) is 0 Å². The highest BCUT2D eigenvalue weighted by Crippen LogP contribution is 2.26. The highest BCUT2D eigenvalue weighted by Gasteiger charge is 2.08. The molecule has 2 heterocycles. The van der Waals surface area contributed by atoms with E-state index in [1.54, 1.807) is 24.3 Å². The molecule has 7 nitrogen and oxygen atoms in total. The van der Waals surface area contributed by atoms with Crippen molar-refractivity contribution in [1.82, 2.24) is 15.0 Å². The SMILES string of the molecule is Nc1ccc(Oc2ncnc3ccc(=O)[nH]c23)cc1C=[NH2+]. The van der Waals surface area contributed by atoms with Crippen LogP contribution in [0.15, 0.2) is 41.5 Å². The summed E-state index contributed by atoms with van der Waals surface area (Å²) in [5.74, 6) is 0.760. The van der Waals surface area contributed by atoms with Crippen LogP contribution in [0.3, 0.4) is 0 Å². The van der Waals surface area contributed by atoms with E-state index in [2.05, 4.69) is 15.0 Å². The van der Waals surface area contributed by atoms with Gasteiger partial charge in [0.25, 0.3) is 0 Å². The largest absolute Gasteiger partial charge is 0.437 e. The van der Waals surface area contributed by atoms with E-state index in [0.29, 0.717) is 28.0 Å². The molecule has 0 amide bonds. The number of nitrogens with two attached hydrogens (primary N) is 2. The molecule has 1 aromatic carbocycles. The van der Waals surface area contributed by atoms with E-state index in [4.69, 9.17) is 15.9 Å². The average molecular weight is 282 g/mol. The summed E-state index contributed by atoms with van der Waals surface area (Å²) in [5, 5.41) is 5.49. The van der Waals surface area contributed by atoms with Crippen molar-refractivity contribution >= 4 is 22.9 Å². The van der Waals surface area contributed by atoms with E-state index in [1.807, 2.05) is 0 Å². The Morgan fingerprint density at radius 2 is 2.10 bits per heavy atom. The predicted octanol–water partition coefficient (Wildman–Crippen LogP) is -0.129. The molecule has 0 aliphatic heterocycles. The summed E-state index contributed by atoms with van der Waals surface area (Å²) in [5.41, 5.74) is 7.72. The van der Waals surface area contributed by atoms with Crippen LogP contribution in [0.25, 0.3) is 11.0 Å². The molecule has 0 radical (unpaired) electrons. The molecule has 104 valence electrons. The number of anilines is 1. The van der Waals surface area contributed by atoms with Gasteiger partial charge >= 0.3 is 0 Å². The summed E-state index contributed by atoms with van der Waals surface area (Å²) in [4.78, 5) is 22.2. The van der Waals surface area contributed by atoms with Crippen LogP contribution in [0.5, 0.6) is 11.6 Å². The standard InChI is InChI=1S/C14H11N5O2/c15-6-8-5-9(1-2-10(8)16)21-14-13-11(17-7-18-14)3-4-12(20)19-13/h1-7,15H,16H2,(H,19,20)/p+1. The Morgan fingerprint density at radius 1 is 1.24 bits per heavy atom. The van der Waals surface area contributed by atoms with Crippen molar-refractivity contribution in [2.75, 3.05) is 5.73 Å². The number of H-pyrrole nitrogens is 1. The number of hydrogen-bond acceptors (Lipinski definition) is 5. The minimum atomic E-state index is -0.254. The maximum atomic E-state index is 11.4. The zero-order chi connectivity index (χ0) is 14.8. The second-order valence-corrected chi connectivity index (χ2v) is 4.32. The molecule has 0 aliphatic rings. The molecule has 3 rings (SSSR count). The minimum Gasteiger partial charge on any atom is -0.437 e. The van der Waals surface area contributed by atoms with Crippen molar-refractivity contribution in [2.45, 2.75) is 0 Å². The lowest BCUT2D eigenvalue weighted by Crippen LogP contribution is -2.30. The fraction of sp³-hybridized carbons (Fsp3) is 0. The van der Waals surface area contributed by atoms with Crippen LogP contribution >= 0.6 is 0 Å².